The summed E-state index contributed by atoms with van der Waals surface area (Å²) in [6, 6.07) is 0. The van der Waals surface area contributed by atoms with E-state index in [9.17, 15) is 19.8 Å². The number of carboxylic acid groups (broad SMARTS) is 2. The Hall–Kier alpha value is -1.06. The normalized spacial score (nSPS) is 23.3. The van der Waals surface area contributed by atoms with Crippen LogP contribution in [0.3, 0.4) is 0 Å². The summed E-state index contributed by atoms with van der Waals surface area (Å²) in [5.74, 6) is -1.40. The first kappa shape index (κ1) is 29.0. The van der Waals surface area contributed by atoms with Gasteiger partial charge in [-0.05, 0) is 38.5 Å². The summed E-state index contributed by atoms with van der Waals surface area (Å²) in [4.78, 5) is 24.3. The maximum Gasteiger partial charge on any atom is 0.309 e. The lowest BCUT2D eigenvalue weighted by molar-refractivity contribution is -0.162. The van der Waals surface area contributed by atoms with Gasteiger partial charge in [0.2, 0.25) is 0 Å². The second kappa shape index (κ2) is 16.5. The van der Waals surface area contributed by atoms with E-state index in [-0.39, 0.29) is 0 Å². The van der Waals surface area contributed by atoms with Crippen molar-refractivity contribution in [3.63, 3.8) is 0 Å². The lowest BCUT2D eigenvalue weighted by Gasteiger charge is -2.42. The Kier molecular flexibility index (Phi) is 15.0. The molecule has 0 bridgehead atoms. The topological polar surface area (TPSA) is 74.6 Å². The second-order valence-electron chi connectivity index (χ2n) is 10.6. The molecule has 188 valence electrons. The smallest absolute Gasteiger partial charge is 0.309 e. The van der Waals surface area contributed by atoms with E-state index in [4.69, 9.17) is 0 Å². The molecule has 0 atom stereocenters. The summed E-state index contributed by atoms with van der Waals surface area (Å²) < 4.78 is 0. The molecule has 0 spiro atoms. The highest BCUT2D eigenvalue weighted by molar-refractivity contribution is 5.78. The molecule has 2 N–H and O–H groups in total. The first-order chi connectivity index (χ1) is 15.4. The van der Waals surface area contributed by atoms with Crippen LogP contribution in [0.5, 0.6) is 0 Å². The fraction of sp³-hybridized carbons (Fsp3) is 0.929. The first-order valence-corrected chi connectivity index (χ1v) is 13.9. The predicted octanol–water partition coefficient (Wildman–Crippen LogP) is 8.76. The molecule has 0 unspecified atom stereocenters. The number of hydrogen-bond donors (Lipinski definition) is 2. The van der Waals surface area contributed by atoms with Gasteiger partial charge < -0.3 is 10.2 Å². The van der Waals surface area contributed by atoms with Crippen LogP contribution >= 0.6 is 0 Å². The Labute approximate surface area is 197 Å². The van der Waals surface area contributed by atoms with Gasteiger partial charge in [0.1, 0.15) is 0 Å². The lowest BCUT2D eigenvalue weighted by Crippen LogP contribution is -2.43. The summed E-state index contributed by atoms with van der Waals surface area (Å²) in [5, 5.41) is 20.0. The molecule has 1 rings (SSSR count). The standard InChI is InChI=1S/C28H52O4/c1-3-5-7-9-11-13-15-17-19-27(25(29)30)21-23-28(24-22-27,26(31)32)20-18-16-14-12-10-8-6-4-2/h3-24H2,1-2H3,(H,29,30)(H,31,32). The molecule has 4 nitrogen and oxygen atoms in total. The molecule has 0 aromatic rings. The van der Waals surface area contributed by atoms with E-state index in [0.29, 0.717) is 38.5 Å². The van der Waals surface area contributed by atoms with Gasteiger partial charge in [-0.1, -0.05) is 117 Å². The number of unbranched alkanes of at least 4 members (excludes halogenated alkanes) is 14. The third-order valence-corrected chi connectivity index (χ3v) is 8.09. The van der Waals surface area contributed by atoms with Gasteiger partial charge in [0.25, 0.3) is 0 Å². The van der Waals surface area contributed by atoms with Crippen LogP contribution in [0.15, 0.2) is 0 Å². The van der Waals surface area contributed by atoms with Crippen molar-refractivity contribution in [2.75, 3.05) is 0 Å². The van der Waals surface area contributed by atoms with Crippen molar-refractivity contribution in [2.45, 2.75) is 155 Å². The van der Waals surface area contributed by atoms with Crippen LogP contribution < -0.4 is 0 Å². The molecule has 1 fully saturated rings. The zero-order chi connectivity index (χ0) is 23.7. The zero-order valence-electron chi connectivity index (χ0n) is 21.3. The van der Waals surface area contributed by atoms with Gasteiger partial charge in [-0.15, -0.1) is 0 Å². The van der Waals surface area contributed by atoms with Crippen molar-refractivity contribution in [1.29, 1.82) is 0 Å². The highest BCUT2D eigenvalue weighted by Gasteiger charge is 2.49. The summed E-state index contributed by atoms with van der Waals surface area (Å²) in [6.45, 7) is 4.45. The van der Waals surface area contributed by atoms with Gasteiger partial charge in [0.15, 0.2) is 0 Å². The molecular weight excluding hydrogens is 400 g/mol. The molecule has 1 saturated carbocycles. The minimum Gasteiger partial charge on any atom is -0.481 e. The molecule has 0 aromatic heterocycles. The molecule has 0 aliphatic heterocycles. The number of hydrogen-bond acceptors (Lipinski definition) is 2. The van der Waals surface area contributed by atoms with Crippen LogP contribution in [0.1, 0.15) is 155 Å². The predicted molar refractivity (Wildman–Crippen MR) is 133 cm³/mol. The van der Waals surface area contributed by atoms with Gasteiger partial charge in [0, 0.05) is 0 Å². The Morgan fingerprint density at radius 1 is 0.500 bits per heavy atom. The van der Waals surface area contributed by atoms with E-state index < -0.39 is 22.8 Å². The SMILES string of the molecule is CCCCCCCCCCC1(C(=O)O)CCC(CCCCCCCCCC)(C(=O)O)CC1. The molecule has 1 aliphatic rings. The molecule has 1 aliphatic carbocycles. The van der Waals surface area contributed by atoms with Gasteiger partial charge in [-0.25, -0.2) is 0 Å². The highest BCUT2D eigenvalue weighted by Crippen LogP contribution is 2.50. The quantitative estimate of drug-likeness (QED) is 0.181. The van der Waals surface area contributed by atoms with E-state index in [2.05, 4.69) is 13.8 Å². The summed E-state index contributed by atoms with van der Waals surface area (Å²) in [5.41, 5.74) is -1.39. The van der Waals surface area contributed by atoms with Crippen LogP contribution in [-0.2, 0) is 9.59 Å². The average Bonchev–Trinajstić information content (AvgIpc) is 2.78. The van der Waals surface area contributed by atoms with Gasteiger partial charge >= 0.3 is 11.9 Å². The number of carbonyl (C=O) groups is 2. The van der Waals surface area contributed by atoms with Gasteiger partial charge in [-0.2, -0.15) is 0 Å². The van der Waals surface area contributed by atoms with Crippen molar-refractivity contribution < 1.29 is 19.8 Å². The van der Waals surface area contributed by atoms with Crippen molar-refractivity contribution in [3.05, 3.63) is 0 Å². The van der Waals surface area contributed by atoms with E-state index in [1.54, 1.807) is 0 Å². The first-order valence-electron chi connectivity index (χ1n) is 13.9. The van der Waals surface area contributed by atoms with E-state index in [0.717, 1.165) is 25.7 Å². The summed E-state index contributed by atoms with van der Waals surface area (Å²) in [6.07, 6.45) is 22.9. The fourth-order valence-corrected chi connectivity index (χ4v) is 5.54. The van der Waals surface area contributed by atoms with Gasteiger partial charge in [-0.3, -0.25) is 9.59 Å². The van der Waals surface area contributed by atoms with E-state index >= 15 is 0 Å². The van der Waals surface area contributed by atoms with E-state index in [1.165, 1.54) is 77.0 Å². The summed E-state index contributed by atoms with van der Waals surface area (Å²) in [7, 11) is 0. The van der Waals surface area contributed by atoms with Crippen molar-refractivity contribution in [3.8, 4) is 0 Å². The average molecular weight is 453 g/mol. The minimum atomic E-state index is -0.702. The van der Waals surface area contributed by atoms with Crippen LogP contribution in [0.4, 0.5) is 0 Å². The van der Waals surface area contributed by atoms with Crippen molar-refractivity contribution in [1.82, 2.24) is 0 Å². The Morgan fingerprint density at radius 2 is 0.750 bits per heavy atom. The maximum atomic E-state index is 12.2. The van der Waals surface area contributed by atoms with Crippen LogP contribution in [0.25, 0.3) is 0 Å². The van der Waals surface area contributed by atoms with Crippen LogP contribution in [-0.4, -0.2) is 22.2 Å². The number of rotatable bonds is 20. The van der Waals surface area contributed by atoms with E-state index in [1.807, 2.05) is 0 Å². The third-order valence-electron chi connectivity index (χ3n) is 8.09. The van der Waals surface area contributed by atoms with Crippen molar-refractivity contribution in [2.24, 2.45) is 10.8 Å². The minimum absolute atomic E-state index is 0.530. The molecule has 0 aromatic carbocycles. The monoisotopic (exact) mass is 452 g/mol. The third kappa shape index (κ3) is 10.3. The molecule has 4 heteroatoms. The fourth-order valence-electron chi connectivity index (χ4n) is 5.54. The second-order valence-corrected chi connectivity index (χ2v) is 10.6. The molecule has 0 saturated heterocycles. The Balaban J connectivity index is 2.39. The Morgan fingerprint density at radius 3 is 1.00 bits per heavy atom. The summed E-state index contributed by atoms with van der Waals surface area (Å²) >= 11 is 0. The lowest BCUT2D eigenvalue weighted by atomic mass is 9.60. The van der Waals surface area contributed by atoms with Crippen LogP contribution in [0.2, 0.25) is 0 Å². The molecule has 0 radical (unpaired) electrons. The Bertz CT molecular complexity index is 460. The highest BCUT2D eigenvalue weighted by atomic mass is 16.4. The van der Waals surface area contributed by atoms with Crippen molar-refractivity contribution >= 4 is 11.9 Å². The molecule has 0 amide bonds. The largest absolute Gasteiger partial charge is 0.481 e. The van der Waals surface area contributed by atoms with Gasteiger partial charge in [0.05, 0.1) is 10.8 Å². The number of carboxylic acids is 2. The molecule has 0 heterocycles. The zero-order valence-corrected chi connectivity index (χ0v) is 21.3. The van der Waals surface area contributed by atoms with Crippen LogP contribution in [0, 0.1) is 10.8 Å². The molecular formula is C28H52O4. The number of aliphatic carboxylic acids is 2. The molecule has 32 heavy (non-hydrogen) atoms. The maximum absolute atomic E-state index is 12.2.